The number of hydrogen-bond donors (Lipinski definition) is 1. The van der Waals surface area contributed by atoms with Crippen LogP contribution >= 0.6 is 11.8 Å². The highest BCUT2D eigenvalue weighted by atomic mass is 32.2. The predicted octanol–water partition coefficient (Wildman–Crippen LogP) is 2.73. The van der Waals surface area contributed by atoms with Crippen molar-refractivity contribution in [2.45, 2.75) is 32.1 Å². The fourth-order valence-electron chi connectivity index (χ4n) is 1.16. The second-order valence-corrected chi connectivity index (χ2v) is 6.06. The molecule has 0 aliphatic carbocycles. The highest BCUT2D eigenvalue weighted by Gasteiger charge is 2.19. The zero-order valence-corrected chi connectivity index (χ0v) is 11.5. The lowest BCUT2D eigenvalue weighted by Crippen LogP contribution is -2.35. The van der Waals surface area contributed by atoms with E-state index in [9.17, 15) is 4.79 Å². The zero-order chi connectivity index (χ0) is 12.7. The number of nitrogens with one attached hydrogen (secondary N) is 1. The van der Waals surface area contributed by atoms with Crippen LogP contribution in [-0.4, -0.2) is 23.2 Å². The number of amides is 1. The summed E-state index contributed by atoms with van der Waals surface area (Å²) in [6, 6.07) is 4.00. The monoisotopic (exact) mass is 252 g/mol. The Hall–Kier alpha value is -1.03. The molecule has 0 atom stereocenters. The van der Waals surface area contributed by atoms with Crippen molar-refractivity contribution >= 4 is 17.7 Å². The van der Waals surface area contributed by atoms with Gasteiger partial charge in [0.25, 0.3) is 0 Å². The summed E-state index contributed by atoms with van der Waals surface area (Å²) in [6.45, 7) is 6.52. The third-order valence-electron chi connectivity index (χ3n) is 2.21. The van der Waals surface area contributed by atoms with Crippen LogP contribution in [0.5, 0.6) is 0 Å². The highest BCUT2D eigenvalue weighted by Crippen LogP contribution is 2.17. The van der Waals surface area contributed by atoms with E-state index >= 15 is 0 Å². The SMILES string of the molecule is CC(C)(C)C(=O)NCCCSc1ccncc1. The Kier molecular flexibility index (Phi) is 5.48. The number of nitrogens with zero attached hydrogens (tertiary/aromatic N) is 1. The molecule has 0 unspecified atom stereocenters. The minimum absolute atomic E-state index is 0.117. The number of pyridine rings is 1. The topological polar surface area (TPSA) is 42.0 Å². The molecule has 3 nitrogen and oxygen atoms in total. The fraction of sp³-hybridized carbons (Fsp3) is 0.538. The number of carbonyl (C=O) groups is 1. The van der Waals surface area contributed by atoms with Crippen molar-refractivity contribution < 1.29 is 4.79 Å². The predicted molar refractivity (Wildman–Crippen MR) is 72.0 cm³/mol. The van der Waals surface area contributed by atoms with Crippen molar-refractivity contribution in [2.24, 2.45) is 5.41 Å². The molecule has 0 aromatic carbocycles. The first-order chi connectivity index (χ1) is 8.00. The maximum atomic E-state index is 11.6. The summed E-state index contributed by atoms with van der Waals surface area (Å²) in [5.74, 6) is 1.13. The number of aromatic nitrogens is 1. The van der Waals surface area contributed by atoms with E-state index < -0.39 is 0 Å². The molecular formula is C13H20N2OS. The van der Waals surface area contributed by atoms with Gasteiger partial charge in [-0.25, -0.2) is 0 Å². The second-order valence-electron chi connectivity index (χ2n) is 4.89. The molecule has 0 fully saturated rings. The van der Waals surface area contributed by atoms with Crippen LogP contribution < -0.4 is 5.32 Å². The third kappa shape index (κ3) is 5.73. The molecule has 0 bridgehead atoms. The van der Waals surface area contributed by atoms with Gasteiger partial charge in [0.05, 0.1) is 0 Å². The van der Waals surface area contributed by atoms with E-state index in [-0.39, 0.29) is 11.3 Å². The first kappa shape index (κ1) is 14.0. The smallest absolute Gasteiger partial charge is 0.225 e. The molecule has 0 aliphatic rings. The number of rotatable bonds is 5. The van der Waals surface area contributed by atoms with Gasteiger partial charge in [-0.3, -0.25) is 9.78 Å². The zero-order valence-electron chi connectivity index (χ0n) is 10.7. The molecule has 1 aromatic heterocycles. The Morgan fingerprint density at radius 2 is 2.00 bits per heavy atom. The average Bonchev–Trinajstić information content (AvgIpc) is 2.28. The molecule has 94 valence electrons. The van der Waals surface area contributed by atoms with Crippen molar-refractivity contribution in [2.75, 3.05) is 12.3 Å². The Balaban J connectivity index is 2.12. The maximum Gasteiger partial charge on any atom is 0.225 e. The van der Waals surface area contributed by atoms with Crippen LogP contribution in [0.25, 0.3) is 0 Å². The number of thioether (sulfide) groups is 1. The molecule has 17 heavy (non-hydrogen) atoms. The van der Waals surface area contributed by atoms with Gasteiger partial charge in [0.2, 0.25) is 5.91 Å². The van der Waals surface area contributed by atoms with E-state index in [1.807, 2.05) is 32.9 Å². The fourth-order valence-corrected chi connectivity index (χ4v) is 2.00. The van der Waals surface area contributed by atoms with E-state index in [2.05, 4.69) is 10.3 Å². The summed E-state index contributed by atoms with van der Waals surface area (Å²) in [4.78, 5) is 16.8. The van der Waals surface area contributed by atoms with Crippen molar-refractivity contribution in [3.63, 3.8) is 0 Å². The van der Waals surface area contributed by atoms with Crippen LogP contribution in [0.1, 0.15) is 27.2 Å². The molecular weight excluding hydrogens is 232 g/mol. The van der Waals surface area contributed by atoms with Gasteiger partial charge in [0.15, 0.2) is 0 Å². The second kappa shape index (κ2) is 6.64. The molecule has 0 aliphatic heterocycles. The lowest BCUT2D eigenvalue weighted by Gasteiger charge is -2.17. The van der Waals surface area contributed by atoms with Crippen LogP contribution in [0, 0.1) is 5.41 Å². The third-order valence-corrected chi connectivity index (χ3v) is 3.30. The minimum atomic E-state index is -0.293. The summed E-state index contributed by atoms with van der Waals surface area (Å²) >= 11 is 1.79. The first-order valence-corrected chi connectivity index (χ1v) is 6.80. The van der Waals surface area contributed by atoms with Gasteiger partial charge < -0.3 is 5.32 Å². The minimum Gasteiger partial charge on any atom is -0.356 e. The molecule has 1 amide bonds. The standard InChI is InChI=1S/C13H20N2OS/c1-13(2,3)12(16)15-7-4-10-17-11-5-8-14-9-6-11/h5-6,8-9H,4,7,10H2,1-3H3,(H,15,16). The Labute approximate surface area is 107 Å². The summed E-state index contributed by atoms with van der Waals surface area (Å²) in [5.41, 5.74) is -0.293. The molecule has 0 spiro atoms. The van der Waals surface area contributed by atoms with Crippen molar-refractivity contribution in [3.8, 4) is 0 Å². The Morgan fingerprint density at radius 1 is 1.35 bits per heavy atom. The molecule has 1 heterocycles. The maximum absolute atomic E-state index is 11.6. The molecule has 4 heteroatoms. The summed E-state index contributed by atoms with van der Waals surface area (Å²) < 4.78 is 0. The van der Waals surface area contributed by atoms with Gasteiger partial charge in [-0.2, -0.15) is 0 Å². The van der Waals surface area contributed by atoms with Gasteiger partial charge in [0.1, 0.15) is 0 Å². The van der Waals surface area contributed by atoms with E-state index in [1.165, 1.54) is 4.90 Å². The van der Waals surface area contributed by atoms with Crippen molar-refractivity contribution in [1.82, 2.24) is 10.3 Å². The largest absolute Gasteiger partial charge is 0.356 e. The Bertz CT molecular complexity index is 346. The van der Waals surface area contributed by atoms with Crippen molar-refractivity contribution in [1.29, 1.82) is 0 Å². The normalized spacial score (nSPS) is 11.2. The van der Waals surface area contributed by atoms with Crippen LogP contribution in [0.3, 0.4) is 0 Å². The first-order valence-electron chi connectivity index (χ1n) is 5.81. The van der Waals surface area contributed by atoms with E-state index in [0.717, 1.165) is 18.7 Å². The lowest BCUT2D eigenvalue weighted by molar-refractivity contribution is -0.128. The van der Waals surface area contributed by atoms with E-state index in [1.54, 1.807) is 24.2 Å². The lowest BCUT2D eigenvalue weighted by atomic mass is 9.96. The summed E-state index contributed by atoms with van der Waals surface area (Å²) in [5, 5.41) is 2.94. The van der Waals surface area contributed by atoms with E-state index in [4.69, 9.17) is 0 Å². The molecule has 0 saturated carbocycles. The molecule has 1 N–H and O–H groups in total. The van der Waals surface area contributed by atoms with Gasteiger partial charge >= 0.3 is 0 Å². The van der Waals surface area contributed by atoms with Crippen LogP contribution in [0.4, 0.5) is 0 Å². The van der Waals surface area contributed by atoms with Gasteiger partial charge in [-0.15, -0.1) is 11.8 Å². The Morgan fingerprint density at radius 3 is 2.59 bits per heavy atom. The number of hydrogen-bond acceptors (Lipinski definition) is 3. The molecule has 1 rings (SSSR count). The van der Waals surface area contributed by atoms with Gasteiger partial charge in [-0.1, -0.05) is 20.8 Å². The molecule has 0 saturated heterocycles. The van der Waals surface area contributed by atoms with Gasteiger partial charge in [0, 0.05) is 29.2 Å². The van der Waals surface area contributed by atoms with Crippen LogP contribution in [-0.2, 0) is 4.79 Å². The van der Waals surface area contributed by atoms with E-state index in [0.29, 0.717) is 0 Å². The summed E-state index contributed by atoms with van der Waals surface area (Å²) in [6.07, 6.45) is 4.57. The van der Waals surface area contributed by atoms with Crippen LogP contribution in [0.2, 0.25) is 0 Å². The molecule has 0 radical (unpaired) electrons. The average molecular weight is 252 g/mol. The van der Waals surface area contributed by atoms with Crippen LogP contribution in [0.15, 0.2) is 29.4 Å². The highest BCUT2D eigenvalue weighted by molar-refractivity contribution is 7.99. The van der Waals surface area contributed by atoms with Crippen molar-refractivity contribution in [3.05, 3.63) is 24.5 Å². The summed E-state index contributed by atoms with van der Waals surface area (Å²) in [7, 11) is 0. The molecule has 1 aromatic rings. The number of carbonyl (C=O) groups excluding carboxylic acids is 1. The quantitative estimate of drug-likeness (QED) is 0.647. The van der Waals surface area contributed by atoms with Gasteiger partial charge in [-0.05, 0) is 24.3 Å².